The Morgan fingerprint density at radius 3 is 2.92 bits per heavy atom. The minimum atomic E-state index is 0.0817. The molecule has 2 heterocycles. The zero-order valence-electron chi connectivity index (χ0n) is 14.2. The summed E-state index contributed by atoms with van der Waals surface area (Å²) < 4.78 is 5.69. The van der Waals surface area contributed by atoms with E-state index in [9.17, 15) is 4.79 Å². The predicted molar refractivity (Wildman–Crippen MR) is 101 cm³/mol. The molecule has 1 saturated heterocycles. The van der Waals surface area contributed by atoms with Crippen molar-refractivity contribution < 1.29 is 9.53 Å². The van der Waals surface area contributed by atoms with Crippen molar-refractivity contribution in [3.63, 3.8) is 0 Å². The van der Waals surface area contributed by atoms with Gasteiger partial charge in [0.25, 0.3) is 5.91 Å². The van der Waals surface area contributed by atoms with Crippen LogP contribution in [0.5, 0.6) is 0 Å². The predicted octanol–water partition coefficient (Wildman–Crippen LogP) is 4.60. The van der Waals surface area contributed by atoms with Crippen molar-refractivity contribution in [1.29, 1.82) is 0 Å². The molecule has 0 spiro atoms. The Labute approximate surface area is 152 Å². The van der Waals surface area contributed by atoms with E-state index in [2.05, 4.69) is 18.4 Å². The summed E-state index contributed by atoms with van der Waals surface area (Å²) in [7, 11) is 1.88. The number of thioether (sulfide) groups is 1. The number of ether oxygens (including phenoxy) is 1. The van der Waals surface area contributed by atoms with Gasteiger partial charge in [-0.15, -0.1) is 23.1 Å². The van der Waals surface area contributed by atoms with Crippen LogP contribution >= 0.6 is 23.1 Å². The van der Waals surface area contributed by atoms with Gasteiger partial charge in [-0.25, -0.2) is 0 Å². The molecule has 1 aromatic carbocycles. The van der Waals surface area contributed by atoms with Crippen molar-refractivity contribution in [3.05, 3.63) is 51.7 Å². The molecule has 128 valence electrons. The second kappa shape index (κ2) is 8.19. The van der Waals surface area contributed by atoms with Crippen LogP contribution in [-0.2, 0) is 11.3 Å². The van der Waals surface area contributed by atoms with Gasteiger partial charge >= 0.3 is 0 Å². The molecule has 0 saturated carbocycles. The molecule has 1 fully saturated rings. The smallest absolute Gasteiger partial charge is 0.255 e. The normalized spacial score (nSPS) is 17.2. The summed E-state index contributed by atoms with van der Waals surface area (Å²) >= 11 is 3.44. The second-order valence-corrected chi connectivity index (χ2v) is 8.19. The summed E-state index contributed by atoms with van der Waals surface area (Å²) in [5.74, 6) is 0.996. The van der Waals surface area contributed by atoms with Crippen molar-refractivity contribution >= 4 is 29.0 Å². The number of aryl methyl sites for hydroxylation is 1. The average Bonchev–Trinajstić information content (AvgIpc) is 3.25. The number of hydrogen-bond donors (Lipinski definition) is 0. The Hall–Kier alpha value is -1.30. The zero-order chi connectivity index (χ0) is 16.9. The van der Waals surface area contributed by atoms with Crippen molar-refractivity contribution in [2.45, 2.75) is 37.3 Å². The molecule has 0 aliphatic carbocycles. The van der Waals surface area contributed by atoms with Gasteiger partial charge in [0.15, 0.2) is 0 Å². The van der Waals surface area contributed by atoms with Crippen LogP contribution in [0.1, 0.15) is 33.6 Å². The summed E-state index contributed by atoms with van der Waals surface area (Å²) in [4.78, 5) is 17.0. The quantitative estimate of drug-likeness (QED) is 0.704. The number of rotatable bonds is 6. The number of nitrogens with zero attached hydrogens (tertiary/aromatic N) is 1. The monoisotopic (exact) mass is 361 g/mol. The molecule has 0 N–H and O–H groups in total. The lowest BCUT2D eigenvalue weighted by Crippen LogP contribution is -2.26. The highest BCUT2D eigenvalue weighted by molar-refractivity contribution is 7.99. The lowest BCUT2D eigenvalue weighted by atomic mass is 10.2. The fourth-order valence-corrected chi connectivity index (χ4v) is 4.86. The molecule has 0 radical (unpaired) electrons. The van der Waals surface area contributed by atoms with Gasteiger partial charge < -0.3 is 9.64 Å². The number of hydrogen-bond acceptors (Lipinski definition) is 4. The van der Waals surface area contributed by atoms with Gasteiger partial charge in [-0.1, -0.05) is 12.1 Å². The molecule has 1 aromatic heterocycles. The van der Waals surface area contributed by atoms with Gasteiger partial charge in [-0.2, -0.15) is 0 Å². The van der Waals surface area contributed by atoms with Gasteiger partial charge in [0.2, 0.25) is 0 Å². The van der Waals surface area contributed by atoms with Gasteiger partial charge in [-0.05, 0) is 48.9 Å². The Morgan fingerprint density at radius 2 is 2.21 bits per heavy atom. The van der Waals surface area contributed by atoms with E-state index in [1.807, 2.05) is 36.2 Å². The van der Waals surface area contributed by atoms with Crippen LogP contribution in [-0.4, -0.2) is 36.3 Å². The molecule has 0 bridgehead atoms. The number of carbonyl (C=O) groups is 1. The molecular weight excluding hydrogens is 338 g/mol. The van der Waals surface area contributed by atoms with E-state index >= 15 is 0 Å². The lowest BCUT2D eigenvalue weighted by molar-refractivity contribution is 0.0783. The Morgan fingerprint density at radius 1 is 1.38 bits per heavy atom. The average molecular weight is 362 g/mol. The first-order valence-corrected chi connectivity index (χ1v) is 10.1. The topological polar surface area (TPSA) is 29.5 Å². The number of carbonyl (C=O) groups excluding carboxylic acids is 1. The highest BCUT2D eigenvalue weighted by Crippen LogP contribution is 2.28. The molecule has 3 nitrogen and oxygen atoms in total. The zero-order valence-corrected chi connectivity index (χ0v) is 15.8. The molecule has 1 amide bonds. The SMILES string of the molecule is Cc1ccsc1CN(C)C(=O)c1ccccc1SCC1CCCO1. The van der Waals surface area contributed by atoms with Crippen molar-refractivity contribution in [2.75, 3.05) is 19.4 Å². The summed E-state index contributed by atoms with van der Waals surface area (Å²) in [6.07, 6.45) is 2.60. The van der Waals surface area contributed by atoms with Crippen LogP contribution in [0.2, 0.25) is 0 Å². The van der Waals surface area contributed by atoms with Gasteiger partial charge in [0.05, 0.1) is 18.2 Å². The maximum atomic E-state index is 12.9. The Balaban J connectivity index is 1.68. The third-order valence-electron chi connectivity index (χ3n) is 4.26. The summed E-state index contributed by atoms with van der Waals surface area (Å²) in [5.41, 5.74) is 2.04. The van der Waals surface area contributed by atoms with E-state index in [1.165, 1.54) is 10.4 Å². The van der Waals surface area contributed by atoms with Crippen LogP contribution < -0.4 is 0 Å². The van der Waals surface area contributed by atoms with E-state index in [4.69, 9.17) is 4.74 Å². The van der Waals surface area contributed by atoms with Gasteiger partial charge in [0.1, 0.15) is 0 Å². The van der Waals surface area contributed by atoms with E-state index in [1.54, 1.807) is 23.1 Å². The highest BCUT2D eigenvalue weighted by atomic mass is 32.2. The molecule has 1 aliphatic heterocycles. The van der Waals surface area contributed by atoms with Crippen LogP contribution in [0.4, 0.5) is 0 Å². The minimum Gasteiger partial charge on any atom is -0.377 e. The van der Waals surface area contributed by atoms with Crippen LogP contribution in [0.3, 0.4) is 0 Å². The van der Waals surface area contributed by atoms with Crippen LogP contribution in [0.25, 0.3) is 0 Å². The van der Waals surface area contributed by atoms with Gasteiger partial charge in [0, 0.05) is 29.2 Å². The molecule has 2 aromatic rings. The largest absolute Gasteiger partial charge is 0.377 e. The minimum absolute atomic E-state index is 0.0817. The summed E-state index contributed by atoms with van der Waals surface area (Å²) in [5, 5.41) is 2.08. The van der Waals surface area contributed by atoms with Crippen molar-refractivity contribution in [3.8, 4) is 0 Å². The second-order valence-electron chi connectivity index (χ2n) is 6.13. The summed E-state index contributed by atoms with van der Waals surface area (Å²) in [6.45, 7) is 3.62. The molecule has 1 unspecified atom stereocenters. The van der Waals surface area contributed by atoms with E-state index in [0.29, 0.717) is 12.6 Å². The van der Waals surface area contributed by atoms with Crippen molar-refractivity contribution in [1.82, 2.24) is 4.90 Å². The van der Waals surface area contributed by atoms with Gasteiger partial charge in [-0.3, -0.25) is 4.79 Å². The maximum absolute atomic E-state index is 12.9. The fourth-order valence-electron chi connectivity index (χ4n) is 2.79. The Bertz CT molecular complexity index is 692. The Kier molecular flexibility index (Phi) is 5.98. The first kappa shape index (κ1) is 17.5. The first-order valence-electron chi connectivity index (χ1n) is 8.27. The fraction of sp³-hybridized carbons (Fsp3) is 0.421. The van der Waals surface area contributed by atoms with E-state index < -0.39 is 0 Å². The number of amides is 1. The highest BCUT2D eigenvalue weighted by Gasteiger charge is 2.20. The van der Waals surface area contributed by atoms with Crippen LogP contribution in [0, 0.1) is 6.92 Å². The maximum Gasteiger partial charge on any atom is 0.255 e. The standard InChI is InChI=1S/C19H23NO2S2/c1-14-9-11-23-18(14)12-20(2)19(21)16-7-3-4-8-17(16)24-13-15-6-5-10-22-15/h3-4,7-9,11,15H,5-6,10,12-13H2,1-2H3. The van der Waals surface area contributed by atoms with Crippen LogP contribution in [0.15, 0.2) is 40.6 Å². The molecule has 1 atom stereocenters. The lowest BCUT2D eigenvalue weighted by Gasteiger charge is -2.19. The first-order chi connectivity index (χ1) is 11.6. The molecular formula is C19H23NO2S2. The third-order valence-corrected chi connectivity index (χ3v) is 6.48. The molecule has 24 heavy (non-hydrogen) atoms. The number of benzene rings is 1. The molecule has 3 rings (SSSR count). The number of thiophene rings is 1. The third kappa shape index (κ3) is 4.21. The van der Waals surface area contributed by atoms with E-state index in [-0.39, 0.29) is 5.91 Å². The van der Waals surface area contributed by atoms with E-state index in [0.717, 1.165) is 35.7 Å². The van der Waals surface area contributed by atoms with Crippen molar-refractivity contribution in [2.24, 2.45) is 0 Å². The molecule has 1 aliphatic rings. The summed E-state index contributed by atoms with van der Waals surface area (Å²) in [6, 6.07) is 10.0. The molecule has 5 heteroatoms.